The average Bonchev–Trinajstić information content (AvgIpc) is 2.89. The molecule has 7 heteroatoms. The molecule has 0 aromatic heterocycles. The first-order chi connectivity index (χ1) is 9.40. The molecule has 0 radical (unpaired) electrons. The second kappa shape index (κ2) is 5.90. The normalized spacial score (nSPS) is 16.4. The summed E-state index contributed by atoms with van der Waals surface area (Å²) in [5.41, 5.74) is 0.474. The van der Waals surface area contributed by atoms with Crippen LogP contribution in [0.1, 0.15) is 41.6 Å². The molecule has 1 aromatic rings. The van der Waals surface area contributed by atoms with E-state index in [9.17, 15) is 13.2 Å². The Labute approximate surface area is 117 Å². The molecule has 0 amide bonds. The topological polar surface area (TPSA) is 92.7 Å². The van der Waals surface area contributed by atoms with Gasteiger partial charge in [0.2, 0.25) is 0 Å². The third-order valence-electron chi connectivity index (χ3n) is 3.38. The van der Waals surface area contributed by atoms with E-state index in [4.69, 9.17) is 9.94 Å². The van der Waals surface area contributed by atoms with Gasteiger partial charge in [-0.25, -0.2) is 13.2 Å². The number of rotatable bonds is 5. The number of carboxylic acids is 1. The molecule has 110 valence electrons. The van der Waals surface area contributed by atoms with Gasteiger partial charge >= 0.3 is 5.97 Å². The molecule has 6 nitrogen and oxygen atoms in total. The number of carboxylic acid groups (broad SMARTS) is 1. The number of benzene rings is 1. The van der Waals surface area contributed by atoms with Crippen molar-refractivity contribution in [2.45, 2.75) is 43.6 Å². The first-order valence-electron chi connectivity index (χ1n) is 6.41. The van der Waals surface area contributed by atoms with Crippen LogP contribution in [-0.2, 0) is 14.9 Å². The lowest BCUT2D eigenvalue weighted by Gasteiger charge is -2.12. The Bertz CT molecular complexity index is 605. The summed E-state index contributed by atoms with van der Waals surface area (Å²) in [6.07, 6.45) is 3.61. The van der Waals surface area contributed by atoms with Crippen LogP contribution in [0.2, 0.25) is 0 Å². The Kier molecular flexibility index (Phi) is 4.42. The Morgan fingerprint density at radius 3 is 2.60 bits per heavy atom. The van der Waals surface area contributed by atoms with E-state index in [1.807, 2.05) is 0 Å². The number of aromatic carboxylic acids is 1. The highest BCUT2D eigenvalue weighted by Gasteiger charge is 2.22. The van der Waals surface area contributed by atoms with Crippen molar-refractivity contribution in [1.82, 2.24) is 4.89 Å². The van der Waals surface area contributed by atoms with E-state index in [2.05, 4.69) is 4.89 Å². The van der Waals surface area contributed by atoms with Crippen LogP contribution < -0.4 is 4.89 Å². The zero-order valence-corrected chi connectivity index (χ0v) is 11.9. The molecular formula is C13H17NO5S. The minimum atomic E-state index is -3.86. The second-order valence-electron chi connectivity index (χ2n) is 4.89. The smallest absolute Gasteiger partial charge is 0.335 e. The van der Waals surface area contributed by atoms with E-state index >= 15 is 0 Å². The lowest BCUT2D eigenvalue weighted by atomic mass is 10.1. The largest absolute Gasteiger partial charge is 0.478 e. The third kappa shape index (κ3) is 3.36. The van der Waals surface area contributed by atoms with Crippen molar-refractivity contribution in [1.29, 1.82) is 0 Å². The molecule has 1 fully saturated rings. The molecule has 0 spiro atoms. The standard InChI is InChI=1S/C13H17NO5S/c1-9-6-7-11(8-12(9)13(15)16)20(17,18)14-19-10-4-2-3-5-10/h6-8,10,14H,2-5H2,1H3,(H,15,16). The van der Waals surface area contributed by atoms with E-state index in [1.54, 1.807) is 6.92 Å². The van der Waals surface area contributed by atoms with Gasteiger partial charge in [-0.1, -0.05) is 23.8 Å². The zero-order chi connectivity index (χ0) is 14.8. The van der Waals surface area contributed by atoms with Gasteiger partial charge in [0, 0.05) is 0 Å². The monoisotopic (exact) mass is 299 g/mol. The van der Waals surface area contributed by atoms with E-state index in [-0.39, 0.29) is 16.6 Å². The van der Waals surface area contributed by atoms with Crippen molar-refractivity contribution in [2.75, 3.05) is 0 Å². The fraction of sp³-hybridized carbons (Fsp3) is 0.462. The number of nitrogens with one attached hydrogen (secondary N) is 1. The SMILES string of the molecule is Cc1ccc(S(=O)(=O)NOC2CCCC2)cc1C(=O)O. The molecule has 1 saturated carbocycles. The number of hydrogen-bond acceptors (Lipinski definition) is 4. The molecule has 20 heavy (non-hydrogen) atoms. The van der Waals surface area contributed by atoms with Gasteiger partial charge in [-0.3, -0.25) is 4.84 Å². The van der Waals surface area contributed by atoms with Gasteiger partial charge in [-0.15, -0.1) is 0 Å². The van der Waals surface area contributed by atoms with Crippen molar-refractivity contribution < 1.29 is 23.2 Å². The van der Waals surface area contributed by atoms with E-state index < -0.39 is 16.0 Å². The fourth-order valence-electron chi connectivity index (χ4n) is 2.18. The Hall–Kier alpha value is -1.44. The number of hydrogen-bond donors (Lipinski definition) is 2. The Morgan fingerprint density at radius 2 is 2.00 bits per heavy atom. The van der Waals surface area contributed by atoms with Crippen LogP contribution in [0.3, 0.4) is 0 Å². The van der Waals surface area contributed by atoms with Gasteiger partial charge in [0.05, 0.1) is 16.6 Å². The molecule has 0 aliphatic heterocycles. The van der Waals surface area contributed by atoms with Gasteiger partial charge < -0.3 is 5.11 Å². The van der Waals surface area contributed by atoms with Crippen molar-refractivity contribution in [3.8, 4) is 0 Å². The lowest BCUT2D eigenvalue weighted by molar-refractivity contribution is 0.0223. The van der Waals surface area contributed by atoms with E-state index in [0.29, 0.717) is 5.56 Å². The first-order valence-corrected chi connectivity index (χ1v) is 7.90. The molecule has 0 heterocycles. The molecule has 0 atom stereocenters. The highest BCUT2D eigenvalue weighted by atomic mass is 32.2. The van der Waals surface area contributed by atoms with Crippen LogP contribution in [0.25, 0.3) is 0 Å². The predicted molar refractivity (Wildman–Crippen MR) is 71.8 cm³/mol. The summed E-state index contributed by atoms with van der Waals surface area (Å²) >= 11 is 0. The summed E-state index contributed by atoms with van der Waals surface area (Å²) in [6, 6.07) is 3.97. The molecular weight excluding hydrogens is 282 g/mol. The summed E-state index contributed by atoms with van der Waals surface area (Å²) in [7, 11) is -3.86. The van der Waals surface area contributed by atoms with Gasteiger partial charge in [-0.2, -0.15) is 0 Å². The van der Waals surface area contributed by atoms with Crippen molar-refractivity contribution in [2.24, 2.45) is 0 Å². The maximum atomic E-state index is 12.0. The minimum Gasteiger partial charge on any atom is -0.478 e. The molecule has 0 saturated heterocycles. The van der Waals surface area contributed by atoms with Gasteiger partial charge in [0.25, 0.3) is 10.0 Å². The maximum Gasteiger partial charge on any atom is 0.335 e. The molecule has 2 rings (SSSR count). The van der Waals surface area contributed by atoms with Crippen molar-refractivity contribution in [3.63, 3.8) is 0 Å². The Morgan fingerprint density at radius 1 is 1.35 bits per heavy atom. The summed E-state index contributed by atoms with van der Waals surface area (Å²) in [6.45, 7) is 1.61. The van der Waals surface area contributed by atoms with Crippen LogP contribution in [0, 0.1) is 6.92 Å². The van der Waals surface area contributed by atoms with E-state index in [1.165, 1.54) is 12.1 Å². The maximum absolute atomic E-state index is 12.0. The highest BCUT2D eigenvalue weighted by molar-refractivity contribution is 7.89. The number of sulfonamides is 1. The summed E-state index contributed by atoms with van der Waals surface area (Å²) in [5.74, 6) is -1.16. The summed E-state index contributed by atoms with van der Waals surface area (Å²) < 4.78 is 24.1. The quantitative estimate of drug-likeness (QED) is 0.809. The van der Waals surface area contributed by atoms with E-state index in [0.717, 1.165) is 31.7 Å². The van der Waals surface area contributed by atoms with Crippen LogP contribution in [0.15, 0.2) is 23.1 Å². The first kappa shape index (κ1) is 15.0. The van der Waals surface area contributed by atoms with Gasteiger partial charge in [-0.05, 0) is 37.5 Å². The highest BCUT2D eigenvalue weighted by Crippen LogP contribution is 2.21. The molecule has 1 aliphatic rings. The Balaban J connectivity index is 2.16. The zero-order valence-electron chi connectivity index (χ0n) is 11.1. The third-order valence-corrected chi connectivity index (χ3v) is 4.57. The van der Waals surface area contributed by atoms with Gasteiger partial charge in [0.15, 0.2) is 0 Å². The molecule has 0 unspecified atom stereocenters. The lowest BCUT2D eigenvalue weighted by Crippen LogP contribution is -2.28. The van der Waals surface area contributed by atoms with Crippen molar-refractivity contribution in [3.05, 3.63) is 29.3 Å². The molecule has 1 aliphatic carbocycles. The number of carbonyl (C=O) groups is 1. The summed E-state index contributed by atoms with van der Waals surface area (Å²) in [4.78, 5) is 18.2. The van der Waals surface area contributed by atoms with Crippen LogP contribution in [0.4, 0.5) is 0 Å². The van der Waals surface area contributed by atoms with Crippen LogP contribution in [0.5, 0.6) is 0 Å². The predicted octanol–water partition coefficient (Wildman–Crippen LogP) is 1.85. The minimum absolute atomic E-state index is 0.0336. The van der Waals surface area contributed by atoms with Gasteiger partial charge in [0.1, 0.15) is 0 Å². The summed E-state index contributed by atoms with van der Waals surface area (Å²) in [5, 5.41) is 9.01. The number of aryl methyl sites for hydroxylation is 1. The molecule has 1 aromatic carbocycles. The second-order valence-corrected chi connectivity index (χ2v) is 6.54. The van der Waals surface area contributed by atoms with Crippen LogP contribution in [-0.4, -0.2) is 25.6 Å². The van der Waals surface area contributed by atoms with Crippen LogP contribution >= 0.6 is 0 Å². The average molecular weight is 299 g/mol. The fourth-order valence-corrected chi connectivity index (χ4v) is 3.06. The van der Waals surface area contributed by atoms with Crippen molar-refractivity contribution >= 4 is 16.0 Å². The molecule has 2 N–H and O–H groups in total. The molecule has 0 bridgehead atoms.